The first-order valence-corrected chi connectivity index (χ1v) is 5.52. The average Bonchev–Trinajstić information content (AvgIpc) is 2.57. The molecule has 0 aromatic carbocycles. The predicted molar refractivity (Wildman–Crippen MR) is 60.8 cm³/mol. The summed E-state index contributed by atoms with van der Waals surface area (Å²) in [5, 5.41) is 3.27. The number of nitrogens with one attached hydrogen (secondary N) is 1. The Morgan fingerprint density at radius 2 is 2.20 bits per heavy atom. The highest BCUT2D eigenvalue weighted by Crippen LogP contribution is 2.04. The van der Waals surface area contributed by atoms with Gasteiger partial charge >= 0.3 is 0 Å². The van der Waals surface area contributed by atoms with Gasteiger partial charge in [0.25, 0.3) is 0 Å². The van der Waals surface area contributed by atoms with E-state index in [1.807, 2.05) is 19.1 Å². The summed E-state index contributed by atoms with van der Waals surface area (Å²) in [5.74, 6) is 2.55. The van der Waals surface area contributed by atoms with E-state index < -0.39 is 0 Å². The van der Waals surface area contributed by atoms with Gasteiger partial charge in [-0.05, 0) is 25.0 Å². The maximum atomic E-state index is 5.45. The van der Waals surface area contributed by atoms with Crippen LogP contribution in [0.15, 0.2) is 16.5 Å². The molecule has 1 aromatic heterocycles. The smallest absolute Gasteiger partial charge is 0.117 e. The van der Waals surface area contributed by atoms with Crippen LogP contribution in [0.1, 0.15) is 25.4 Å². The zero-order valence-electron chi connectivity index (χ0n) is 9.88. The van der Waals surface area contributed by atoms with Gasteiger partial charge in [-0.15, -0.1) is 0 Å². The van der Waals surface area contributed by atoms with E-state index >= 15 is 0 Å². The summed E-state index contributed by atoms with van der Waals surface area (Å²) < 4.78 is 10.9. The van der Waals surface area contributed by atoms with Crippen molar-refractivity contribution in [2.45, 2.75) is 27.3 Å². The Morgan fingerprint density at radius 1 is 1.40 bits per heavy atom. The summed E-state index contributed by atoms with van der Waals surface area (Å²) in [6, 6.07) is 3.98. The van der Waals surface area contributed by atoms with Gasteiger partial charge in [-0.25, -0.2) is 0 Å². The third-order valence-corrected chi connectivity index (χ3v) is 1.97. The molecule has 3 nitrogen and oxygen atoms in total. The fourth-order valence-electron chi connectivity index (χ4n) is 1.26. The first-order valence-electron chi connectivity index (χ1n) is 5.52. The van der Waals surface area contributed by atoms with Crippen LogP contribution in [0.2, 0.25) is 0 Å². The molecule has 1 rings (SSSR count). The summed E-state index contributed by atoms with van der Waals surface area (Å²) in [4.78, 5) is 0. The van der Waals surface area contributed by atoms with Gasteiger partial charge in [0, 0.05) is 13.2 Å². The zero-order valence-corrected chi connectivity index (χ0v) is 9.88. The molecule has 0 spiro atoms. The maximum Gasteiger partial charge on any atom is 0.117 e. The first kappa shape index (κ1) is 12.3. The van der Waals surface area contributed by atoms with Crippen LogP contribution >= 0.6 is 0 Å². The third-order valence-electron chi connectivity index (χ3n) is 1.97. The molecule has 0 atom stereocenters. The van der Waals surface area contributed by atoms with Gasteiger partial charge in [0.1, 0.15) is 11.5 Å². The highest BCUT2D eigenvalue weighted by molar-refractivity contribution is 5.04. The lowest BCUT2D eigenvalue weighted by Gasteiger charge is -2.06. The lowest BCUT2D eigenvalue weighted by atomic mass is 10.2. The Hall–Kier alpha value is -0.800. The van der Waals surface area contributed by atoms with Crippen LogP contribution in [-0.2, 0) is 11.3 Å². The van der Waals surface area contributed by atoms with E-state index in [-0.39, 0.29) is 0 Å². The number of hydrogen-bond donors (Lipinski definition) is 1. The molecule has 0 fully saturated rings. The van der Waals surface area contributed by atoms with Gasteiger partial charge in [-0.1, -0.05) is 13.8 Å². The van der Waals surface area contributed by atoms with E-state index in [1.165, 1.54) is 0 Å². The van der Waals surface area contributed by atoms with Crippen molar-refractivity contribution in [3.05, 3.63) is 23.7 Å². The van der Waals surface area contributed by atoms with Gasteiger partial charge < -0.3 is 14.5 Å². The summed E-state index contributed by atoms with van der Waals surface area (Å²) in [7, 11) is 0. The molecule has 1 N–H and O–H groups in total. The average molecular weight is 211 g/mol. The zero-order chi connectivity index (χ0) is 11.1. The summed E-state index contributed by atoms with van der Waals surface area (Å²) >= 11 is 0. The van der Waals surface area contributed by atoms with Crippen molar-refractivity contribution >= 4 is 0 Å². The largest absolute Gasteiger partial charge is 0.465 e. The molecule has 0 saturated heterocycles. The lowest BCUT2D eigenvalue weighted by molar-refractivity contribution is 0.111. The van der Waals surface area contributed by atoms with Gasteiger partial charge in [0.15, 0.2) is 0 Å². The van der Waals surface area contributed by atoms with Crippen LogP contribution < -0.4 is 5.32 Å². The molecule has 0 aliphatic carbocycles. The van der Waals surface area contributed by atoms with Crippen LogP contribution in [0.25, 0.3) is 0 Å². The Kier molecular flexibility index (Phi) is 5.43. The van der Waals surface area contributed by atoms with E-state index in [2.05, 4.69) is 19.2 Å². The molecule has 0 amide bonds. The molecular formula is C12H21NO2. The SMILES string of the molecule is Cc1ccc(CNCCOCC(C)C)o1. The van der Waals surface area contributed by atoms with Crippen molar-refractivity contribution in [3.8, 4) is 0 Å². The first-order chi connectivity index (χ1) is 7.18. The van der Waals surface area contributed by atoms with Crippen molar-refractivity contribution < 1.29 is 9.15 Å². The minimum Gasteiger partial charge on any atom is -0.465 e. The Morgan fingerprint density at radius 3 is 2.80 bits per heavy atom. The lowest BCUT2D eigenvalue weighted by Crippen LogP contribution is -2.19. The standard InChI is InChI=1S/C12H21NO2/c1-10(2)9-14-7-6-13-8-12-5-4-11(3)15-12/h4-5,10,13H,6-9H2,1-3H3. The number of furan rings is 1. The molecule has 0 saturated carbocycles. The van der Waals surface area contributed by atoms with Crippen LogP contribution in [0.3, 0.4) is 0 Å². The molecule has 15 heavy (non-hydrogen) atoms. The second kappa shape index (κ2) is 6.64. The Labute approximate surface area is 91.8 Å². The van der Waals surface area contributed by atoms with Crippen LogP contribution in [0.5, 0.6) is 0 Å². The molecule has 0 bridgehead atoms. The van der Waals surface area contributed by atoms with Crippen LogP contribution in [0, 0.1) is 12.8 Å². The summed E-state index contributed by atoms with van der Waals surface area (Å²) in [6.07, 6.45) is 0. The molecule has 0 aliphatic heterocycles. The molecule has 0 unspecified atom stereocenters. The van der Waals surface area contributed by atoms with E-state index in [0.717, 1.165) is 37.8 Å². The Bertz CT molecular complexity index is 268. The van der Waals surface area contributed by atoms with Crippen molar-refractivity contribution in [1.82, 2.24) is 5.32 Å². The van der Waals surface area contributed by atoms with Crippen molar-refractivity contribution in [2.75, 3.05) is 19.8 Å². The second-order valence-corrected chi connectivity index (χ2v) is 4.16. The van der Waals surface area contributed by atoms with Crippen molar-refractivity contribution in [3.63, 3.8) is 0 Å². The summed E-state index contributed by atoms with van der Waals surface area (Å²) in [5.41, 5.74) is 0. The highest BCUT2D eigenvalue weighted by Gasteiger charge is 1.97. The Balaban J connectivity index is 1.98. The van der Waals surface area contributed by atoms with E-state index in [1.54, 1.807) is 0 Å². The fraction of sp³-hybridized carbons (Fsp3) is 0.667. The second-order valence-electron chi connectivity index (χ2n) is 4.16. The van der Waals surface area contributed by atoms with E-state index in [9.17, 15) is 0 Å². The van der Waals surface area contributed by atoms with Crippen LogP contribution in [-0.4, -0.2) is 19.8 Å². The number of aryl methyl sites for hydroxylation is 1. The molecular weight excluding hydrogens is 190 g/mol. The van der Waals surface area contributed by atoms with Crippen LogP contribution in [0.4, 0.5) is 0 Å². The monoisotopic (exact) mass is 211 g/mol. The number of hydrogen-bond acceptors (Lipinski definition) is 3. The molecule has 1 heterocycles. The van der Waals surface area contributed by atoms with Crippen molar-refractivity contribution in [1.29, 1.82) is 0 Å². The molecule has 0 radical (unpaired) electrons. The molecule has 86 valence electrons. The van der Waals surface area contributed by atoms with Gasteiger partial charge in [-0.2, -0.15) is 0 Å². The highest BCUT2D eigenvalue weighted by atomic mass is 16.5. The maximum absolute atomic E-state index is 5.45. The quantitative estimate of drug-likeness (QED) is 0.703. The number of rotatable bonds is 7. The molecule has 0 aliphatic rings. The fourth-order valence-corrected chi connectivity index (χ4v) is 1.26. The predicted octanol–water partition coefficient (Wildman–Crippen LogP) is 2.35. The minimum atomic E-state index is 0.609. The molecule has 3 heteroatoms. The number of ether oxygens (including phenoxy) is 1. The van der Waals surface area contributed by atoms with Gasteiger partial charge in [0.05, 0.1) is 13.2 Å². The topological polar surface area (TPSA) is 34.4 Å². The summed E-state index contributed by atoms with van der Waals surface area (Å²) in [6.45, 7) is 9.50. The van der Waals surface area contributed by atoms with E-state index in [0.29, 0.717) is 5.92 Å². The van der Waals surface area contributed by atoms with Gasteiger partial charge in [-0.3, -0.25) is 0 Å². The van der Waals surface area contributed by atoms with E-state index in [4.69, 9.17) is 9.15 Å². The van der Waals surface area contributed by atoms with Gasteiger partial charge in [0.2, 0.25) is 0 Å². The molecule has 1 aromatic rings. The third kappa shape index (κ3) is 5.60. The van der Waals surface area contributed by atoms with Crippen molar-refractivity contribution in [2.24, 2.45) is 5.92 Å². The normalized spacial score (nSPS) is 11.2. The minimum absolute atomic E-state index is 0.609.